The number of aliphatic hydroxyl groups is 1. The molecule has 2 aromatic carbocycles. The first kappa shape index (κ1) is 46.4. The molecule has 2 unspecified atom stereocenters. The van der Waals surface area contributed by atoms with Crippen LogP contribution in [-0.4, -0.2) is 101 Å². The van der Waals surface area contributed by atoms with Crippen LogP contribution in [0.1, 0.15) is 62.8 Å². The lowest BCUT2D eigenvalue weighted by Gasteiger charge is -2.27. The number of anilines is 2. The smallest absolute Gasteiger partial charge is 0.308 e. The third-order valence-corrected chi connectivity index (χ3v) is 11.6. The van der Waals surface area contributed by atoms with Gasteiger partial charge in [0.05, 0.1) is 29.8 Å². The molecule has 10 rings (SSSR count). The molecule has 0 radical (unpaired) electrons. The first-order valence-corrected chi connectivity index (χ1v) is 21.3. The number of carboxylic acid groups (broad SMARTS) is 1. The molecular weight excluding hydrogens is 869 g/mol. The normalized spacial score (nSPS) is 28.2. The standard InChI is InChI=1S/C23H23N5O5.C19H17N5O4.C4H8O2/c1-13(2)21(29)30-10-16-18-19(32-22(31-18)14-6-4-3-5-7-14)23(11-24,33-16)17-9-8-15-20(25)26-12-27-28(15)17;20-9-19(14-7-6-12-17(21)22-10-23-24(12)14)16-15(13(8-25)28-19)26-18(27-16)11-4-2-1-3-5-11;1-3(2)4(5)6/h3-9,12-13,16,18-19,22H,10H2,1-2H3,(H2,25,26,27);1-7,10,13,15-16,18,25H,8H2,(H2,21,22,23);3H,1-2H3,(H,5,6)/t16-,18-,19-,22?,23+;13-,15-,16-,18?,19+;/m11./s1. The van der Waals surface area contributed by atoms with Gasteiger partial charge < -0.3 is 54.8 Å². The molecule has 4 aromatic heterocycles. The Morgan fingerprint density at radius 3 is 1.54 bits per heavy atom. The number of aliphatic hydroxyl groups excluding tert-OH is 1. The maximum absolute atomic E-state index is 12.1. The molecule has 4 fully saturated rings. The lowest BCUT2D eigenvalue weighted by atomic mass is 9.92. The van der Waals surface area contributed by atoms with E-state index in [4.69, 9.17) is 49.7 Å². The van der Waals surface area contributed by atoms with Crippen molar-refractivity contribution >= 4 is 34.6 Å². The number of aliphatic carboxylic acids is 1. The highest BCUT2D eigenvalue weighted by Crippen LogP contribution is 2.51. The number of fused-ring (bicyclic) bond motifs is 4. The molecule has 21 nitrogen and oxygen atoms in total. The lowest BCUT2D eigenvalue weighted by Crippen LogP contribution is -2.39. The van der Waals surface area contributed by atoms with Crippen LogP contribution in [0.2, 0.25) is 0 Å². The Balaban J connectivity index is 0.000000164. The predicted octanol–water partition coefficient (Wildman–Crippen LogP) is 3.74. The third kappa shape index (κ3) is 8.49. The SMILES string of the molecule is CC(C)C(=O)O.CC(C)C(=O)OC[C@H]1O[C@@](C#N)(c2ccc3c(N)ncnn23)[C@@H]2OC(c3ccccc3)O[C@@H]21.N#C[C@@]1(c2ccc3c(N)ncnn23)O[C@H](CO)[C@H]2OC(c3ccccc3)O[C@H]21. The van der Waals surface area contributed by atoms with E-state index >= 15 is 0 Å². The molecule has 4 saturated heterocycles. The van der Waals surface area contributed by atoms with E-state index in [2.05, 4.69) is 32.3 Å². The van der Waals surface area contributed by atoms with Crippen molar-refractivity contribution in [2.75, 3.05) is 24.7 Å². The van der Waals surface area contributed by atoms with E-state index in [9.17, 15) is 25.2 Å². The molecule has 0 aliphatic carbocycles. The molecule has 21 heteroatoms. The van der Waals surface area contributed by atoms with Crippen molar-refractivity contribution < 1.29 is 53.0 Å². The number of ether oxygens (including phenoxy) is 7. The second-order valence-corrected chi connectivity index (χ2v) is 16.6. The summed E-state index contributed by atoms with van der Waals surface area (Å²) in [7, 11) is 0. The Kier molecular flexibility index (Phi) is 13.2. The van der Waals surface area contributed by atoms with Crippen LogP contribution in [0.3, 0.4) is 0 Å². The predicted molar refractivity (Wildman–Crippen MR) is 232 cm³/mol. The Bertz CT molecular complexity index is 2810. The number of hydrogen-bond donors (Lipinski definition) is 4. The average molecular weight is 917 g/mol. The van der Waals surface area contributed by atoms with Crippen LogP contribution in [0, 0.1) is 34.5 Å². The molecule has 0 saturated carbocycles. The zero-order valence-corrected chi connectivity index (χ0v) is 36.7. The number of nitrogen functional groups attached to an aromatic ring is 2. The van der Waals surface area contributed by atoms with E-state index in [0.717, 1.165) is 11.1 Å². The summed E-state index contributed by atoms with van der Waals surface area (Å²) in [4.78, 5) is 29.8. The van der Waals surface area contributed by atoms with Crippen molar-refractivity contribution in [1.29, 1.82) is 10.5 Å². The van der Waals surface area contributed by atoms with Gasteiger partial charge in [0.2, 0.25) is 11.2 Å². The van der Waals surface area contributed by atoms with Gasteiger partial charge in [0.1, 0.15) is 79.1 Å². The Morgan fingerprint density at radius 2 is 1.13 bits per heavy atom. The molecule has 6 N–H and O–H groups in total. The summed E-state index contributed by atoms with van der Waals surface area (Å²) < 4.78 is 45.4. The fourth-order valence-corrected chi connectivity index (χ4v) is 8.19. The van der Waals surface area contributed by atoms with Crippen LogP contribution in [0.25, 0.3) is 11.0 Å². The van der Waals surface area contributed by atoms with Gasteiger partial charge in [0.15, 0.2) is 24.2 Å². The average Bonchev–Trinajstić information content (AvgIpc) is 4.20. The molecule has 0 spiro atoms. The van der Waals surface area contributed by atoms with Gasteiger partial charge in [-0.05, 0) is 24.3 Å². The molecule has 67 heavy (non-hydrogen) atoms. The second-order valence-electron chi connectivity index (χ2n) is 16.6. The third-order valence-electron chi connectivity index (χ3n) is 11.6. The van der Waals surface area contributed by atoms with E-state index < -0.39 is 66.4 Å². The summed E-state index contributed by atoms with van der Waals surface area (Å²) in [5, 5.41) is 46.9. The summed E-state index contributed by atoms with van der Waals surface area (Å²) in [5.41, 5.74) is 12.4. The lowest BCUT2D eigenvalue weighted by molar-refractivity contribution is -0.172. The van der Waals surface area contributed by atoms with Crippen LogP contribution in [0.4, 0.5) is 11.6 Å². The maximum Gasteiger partial charge on any atom is 0.308 e. The van der Waals surface area contributed by atoms with Crippen molar-refractivity contribution in [3.05, 3.63) is 120 Å². The number of carbonyl (C=O) groups is 2. The number of carbonyl (C=O) groups excluding carboxylic acids is 1. The van der Waals surface area contributed by atoms with E-state index in [1.807, 2.05) is 60.7 Å². The van der Waals surface area contributed by atoms with Crippen molar-refractivity contribution in [1.82, 2.24) is 29.2 Å². The minimum Gasteiger partial charge on any atom is -0.481 e. The summed E-state index contributed by atoms with van der Waals surface area (Å²) in [6.07, 6.45) is -3.01. The van der Waals surface area contributed by atoms with Gasteiger partial charge in [-0.1, -0.05) is 88.4 Å². The summed E-state index contributed by atoms with van der Waals surface area (Å²) in [5.74, 6) is -1.08. The Hall–Kier alpha value is -7.08. The molecule has 348 valence electrons. The van der Waals surface area contributed by atoms with Crippen LogP contribution in [0.15, 0.2) is 97.6 Å². The number of nitrogens with zero attached hydrogens (tertiary/aromatic N) is 8. The zero-order valence-electron chi connectivity index (χ0n) is 36.7. The van der Waals surface area contributed by atoms with Crippen molar-refractivity contribution in [2.24, 2.45) is 11.8 Å². The van der Waals surface area contributed by atoms with Gasteiger partial charge in [-0.3, -0.25) is 9.59 Å². The van der Waals surface area contributed by atoms with E-state index in [0.29, 0.717) is 22.4 Å². The summed E-state index contributed by atoms with van der Waals surface area (Å²) in [6.45, 7) is 6.39. The van der Waals surface area contributed by atoms with E-state index in [1.165, 1.54) is 21.7 Å². The number of carboxylic acids is 1. The monoisotopic (exact) mass is 916 g/mol. The maximum atomic E-state index is 12.1. The van der Waals surface area contributed by atoms with Gasteiger partial charge in [-0.2, -0.15) is 20.7 Å². The highest BCUT2D eigenvalue weighted by molar-refractivity contribution is 5.71. The van der Waals surface area contributed by atoms with Crippen molar-refractivity contribution in [3.8, 4) is 12.1 Å². The highest BCUT2D eigenvalue weighted by Gasteiger charge is 2.65. The minimum absolute atomic E-state index is 0.0765. The quantitative estimate of drug-likeness (QED) is 0.150. The van der Waals surface area contributed by atoms with E-state index in [-0.39, 0.29) is 42.7 Å². The molecular formula is C46H48N10O11. The minimum atomic E-state index is -1.57. The summed E-state index contributed by atoms with van der Waals surface area (Å²) >= 11 is 0. The topological polar surface area (TPSA) is 299 Å². The number of nitrogens with two attached hydrogens (primary N) is 2. The fraction of sp³-hybridized carbons (Fsp3) is 0.391. The number of rotatable bonds is 9. The number of aromatic nitrogens is 6. The summed E-state index contributed by atoms with van der Waals surface area (Å²) in [6, 6.07) is 30.2. The molecule has 0 amide bonds. The molecule has 4 aliphatic heterocycles. The van der Waals surface area contributed by atoms with Crippen LogP contribution in [-0.2, 0) is 53.9 Å². The Morgan fingerprint density at radius 1 is 0.701 bits per heavy atom. The van der Waals surface area contributed by atoms with Gasteiger partial charge >= 0.3 is 11.9 Å². The van der Waals surface area contributed by atoms with Gasteiger partial charge in [-0.25, -0.2) is 19.0 Å². The van der Waals surface area contributed by atoms with Gasteiger partial charge in [-0.15, -0.1) is 0 Å². The molecule has 4 aliphatic rings. The molecule has 8 heterocycles. The molecule has 0 bridgehead atoms. The first-order chi connectivity index (χ1) is 32.3. The molecule has 10 atom stereocenters. The van der Waals surface area contributed by atoms with Crippen LogP contribution >= 0.6 is 0 Å². The fourth-order valence-electron chi connectivity index (χ4n) is 8.19. The van der Waals surface area contributed by atoms with Crippen LogP contribution < -0.4 is 11.5 Å². The van der Waals surface area contributed by atoms with Gasteiger partial charge in [0, 0.05) is 11.1 Å². The Labute approximate surface area is 383 Å². The number of hydrogen-bond acceptors (Lipinski definition) is 18. The highest BCUT2D eigenvalue weighted by atomic mass is 16.8. The van der Waals surface area contributed by atoms with Crippen LogP contribution in [0.5, 0.6) is 0 Å². The molecule has 6 aromatic rings. The zero-order chi connectivity index (χ0) is 47.6. The van der Waals surface area contributed by atoms with Gasteiger partial charge in [0.25, 0.3) is 0 Å². The first-order valence-electron chi connectivity index (χ1n) is 21.3. The number of esters is 1. The second kappa shape index (κ2) is 19.0. The largest absolute Gasteiger partial charge is 0.481 e. The number of benzene rings is 2. The van der Waals surface area contributed by atoms with Crippen molar-refractivity contribution in [2.45, 2.75) is 88.1 Å². The number of nitriles is 2. The van der Waals surface area contributed by atoms with E-state index in [1.54, 1.807) is 52.0 Å². The van der Waals surface area contributed by atoms with Crippen molar-refractivity contribution in [3.63, 3.8) is 0 Å².